The van der Waals surface area contributed by atoms with E-state index >= 15 is 0 Å². The summed E-state index contributed by atoms with van der Waals surface area (Å²) in [6, 6.07) is 8.13. The van der Waals surface area contributed by atoms with E-state index in [0.717, 1.165) is 22.9 Å². The van der Waals surface area contributed by atoms with Crippen LogP contribution < -0.4 is 10.1 Å². The van der Waals surface area contributed by atoms with Crippen molar-refractivity contribution in [1.29, 1.82) is 0 Å². The summed E-state index contributed by atoms with van der Waals surface area (Å²) < 4.78 is 6.10. The largest absolute Gasteiger partial charge is 0.495 e. The van der Waals surface area contributed by atoms with Gasteiger partial charge in [-0.2, -0.15) is 0 Å². The lowest BCUT2D eigenvalue weighted by atomic mass is 10.1. The van der Waals surface area contributed by atoms with E-state index in [1.165, 1.54) is 10.4 Å². The molecule has 0 saturated carbocycles. The van der Waals surface area contributed by atoms with Crippen LogP contribution in [0.1, 0.15) is 22.9 Å². The highest BCUT2D eigenvalue weighted by molar-refractivity contribution is 7.16. The number of halogens is 2. The molecule has 0 spiro atoms. The number of fused-ring (bicyclic) bond motifs is 1. The van der Waals surface area contributed by atoms with Crippen LogP contribution in [0.2, 0.25) is 9.36 Å². The number of hydrogen-bond acceptors (Lipinski definition) is 3. The number of methoxy groups -OCH3 is 1. The Morgan fingerprint density at radius 2 is 2.16 bits per heavy atom. The van der Waals surface area contributed by atoms with Crippen LogP contribution in [0, 0.1) is 0 Å². The lowest BCUT2D eigenvalue weighted by molar-refractivity contribution is 0.415. The molecule has 0 radical (unpaired) electrons. The normalized spacial score (nSPS) is 17.3. The third-order valence-corrected chi connectivity index (χ3v) is 4.99. The van der Waals surface area contributed by atoms with Crippen LogP contribution in [0.15, 0.2) is 24.3 Å². The maximum atomic E-state index is 6.07. The molecule has 0 aliphatic heterocycles. The highest BCUT2D eigenvalue weighted by Gasteiger charge is 2.25. The predicted octanol–water partition coefficient (Wildman–Crippen LogP) is 5.16. The minimum atomic E-state index is 0.324. The SMILES string of the molecule is COc1cc(NC2CCc3sc(Cl)cc32)ccc1Cl. The zero-order valence-electron chi connectivity index (χ0n) is 10.4. The van der Waals surface area contributed by atoms with Crippen LogP contribution >= 0.6 is 34.5 Å². The van der Waals surface area contributed by atoms with Crippen molar-refractivity contribution < 1.29 is 4.74 Å². The van der Waals surface area contributed by atoms with Gasteiger partial charge in [-0.05, 0) is 36.6 Å². The fraction of sp³-hybridized carbons (Fsp3) is 0.286. The van der Waals surface area contributed by atoms with E-state index in [0.29, 0.717) is 16.8 Å². The van der Waals surface area contributed by atoms with Gasteiger partial charge in [0.15, 0.2) is 0 Å². The monoisotopic (exact) mass is 313 g/mol. The summed E-state index contributed by atoms with van der Waals surface area (Å²) in [5, 5.41) is 4.15. The molecule has 1 heterocycles. The first kappa shape index (κ1) is 13.1. The Hall–Kier alpha value is -0.900. The van der Waals surface area contributed by atoms with Crippen LogP contribution in [0.3, 0.4) is 0 Å². The van der Waals surface area contributed by atoms with Gasteiger partial charge in [0.25, 0.3) is 0 Å². The Bertz CT molecular complexity index is 611. The Morgan fingerprint density at radius 1 is 1.32 bits per heavy atom. The molecule has 1 unspecified atom stereocenters. The van der Waals surface area contributed by atoms with Crippen molar-refractivity contribution in [2.24, 2.45) is 0 Å². The summed E-state index contributed by atoms with van der Waals surface area (Å²) in [5.41, 5.74) is 2.34. The smallest absolute Gasteiger partial charge is 0.139 e. The minimum absolute atomic E-state index is 0.324. The van der Waals surface area contributed by atoms with Gasteiger partial charge >= 0.3 is 0 Å². The fourth-order valence-corrected chi connectivity index (χ4v) is 3.98. The molecule has 1 atom stereocenters. The van der Waals surface area contributed by atoms with Gasteiger partial charge in [0.1, 0.15) is 5.75 Å². The number of hydrogen-bond donors (Lipinski definition) is 1. The molecule has 1 aliphatic rings. The summed E-state index contributed by atoms with van der Waals surface area (Å²) in [6.07, 6.45) is 2.19. The maximum absolute atomic E-state index is 6.07. The van der Waals surface area contributed by atoms with Crippen molar-refractivity contribution in [2.75, 3.05) is 12.4 Å². The summed E-state index contributed by atoms with van der Waals surface area (Å²) in [7, 11) is 1.62. The molecule has 0 saturated heterocycles. The van der Waals surface area contributed by atoms with Crippen molar-refractivity contribution >= 4 is 40.2 Å². The van der Waals surface area contributed by atoms with Gasteiger partial charge in [-0.1, -0.05) is 23.2 Å². The van der Waals surface area contributed by atoms with Crippen molar-refractivity contribution in [3.05, 3.63) is 44.1 Å². The number of aryl methyl sites for hydroxylation is 1. The number of ether oxygens (including phenoxy) is 1. The van der Waals surface area contributed by atoms with Gasteiger partial charge in [-0.25, -0.2) is 0 Å². The van der Waals surface area contributed by atoms with E-state index in [9.17, 15) is 0 Å². The van der Waals surface area contributed by atoms with Crippen LogP contribution in [-0.2, 0) is 6.42 Å². The molecule has 2 nitrogen and oxygen atoms in total. The zero-order valence-corrected chi connectivity index (χ0v) is 12.7. The Kier molecular flexibility index (Phi) is 3.61. The van der Waals surface area contributed by atoms with Gasteiger partial charge in [0.05, 0.1) is 22.5 Å². The van der Waals surface area contributed by atoms with Crippen molar-refractivity contribution in [2.45, 2.75) is 18.9 Å². The van der Waals surface area contributed by atoms with Gasteiger partial charge in [-0.15, -0.1) is 11.3 Å². The zero-order chi connectivity index (χ0) is 13.4. The fourth-order valence-electron chi connectivity index (χ4n) is 2.43. The van der Waals surface area contributed by atoms with Crippen LogP contribution in [0.5, 0.6) is 5.75 Å². The van der Waals surface area contributed by atoms with E-state index in [2.05, 4.69) is 11.4 Å². The Labute approximate surface area is 126 Å². The van der Waals surface area contributed by atoms with E-state index in [1.807, 2.05) is 18.2 Å². The van der Waals surface area contributed by atoms with E-state index < -0.39 is 0 Å². The molecule has 1 N–H and O–H groups in total. The number of benzene rings is 1. The molecule has 1 aliphatic carbocycles. The summed E-state index contributed by atoms with van der Waals surface area (Å²) in [6.45, 7) is 0. The number of rotatable bonds is 3. The quantitative estimate of drug-likeness (QED) is 0.844. The lowest BCUT2D eigenvalue weighted by Gasteiger charge is -2.15. The first-order chi connectivity index (χ1) is 9.17. The van der Waals surface area contributed by atoms with Gasteiger partial charge in [0, 0.05) is 16.6 Å². The van der Waals surface area contributed by atoms with E-state index in [4.69, 9.17) is 27.9 Å². The molecule has 1 aromatic heterocycles. The molecule has 19 heavy (non-hydrogen) atoms. The highest BCUT2D eigenvalue weighted by atomic mass is 35.5. The number of nitrogens with one attached hydrogen (secondary N) is 1. The molecule has 0 amide bonds. The van der Waals surface area contributed by atoms with Crippen LogP contribution in [0.25, 0.3) is 0 Å². The first-order valence-electron chi connectivity index (χ1n) is 6.05. The van der Waals surface area contributed by atoms with Gasteiger partial charge < -0.3 is 10.1 Å². The van der Waals surface area contributed by atoms with Gasteiger partial charge in [0.2, 0.25) is 0 Å². The Morgan fingerprint density at radius 3 is 2.95 bits per heavy atom. The molecular formula is C14H13Cl2NOS. The molecule has 5 heteroatoms. The third kappa shape index (κ3) is 2.55. The summed E-state index contributed by atoms with van der Waals surface area (Å²) in [4.78, 5) is 1.39. The average molecular weight is 314 g/mol. The molecule has 0 fully saturated rings. The number of anilines is 1. The maximum Gasteiger partial charge on any atom is 0.139 e. The van der Waals surface area contributed by atoms with Gasteiger partial charge in [-0.3, -0.25) is 0 Å². The second-order valence-electron chi connectivity index (χ2n) is 4.51. The third-order valence-electron chi connectivity index (χ3n) is 3.34. The minimum Gasteiger partial charge on any atom is -0.495 e. The highest BCUT2D eigenvalue weighted by Crippen LogP contribution is 2.41. The topological polar surface area (TPSA) is 21.3 Å². The summed E-state index contributed by atoms with van der Waals surface area (Å²) >= 11 is 13.8. The number of thiophene rings is 1. The molecule has 2 aromatic rings. The van der Waals surface area contributed by atoms with Crippen LogP contribution in [0.4, 0.5) is 5.69 Å². The lowest BCUT2D eigenvalue weighted by Crippen LogP contribution is -2.06. The average Bonchev–Trinajstić information content (AvgIpc) is 2.92. The molecule has 3 rings (SSSR count). The second kappa shape index (κ2) is 5.23. The molecule has 0 bridgehead atoms. The second-order valence-corrected chi connectivity index (χ2v) is 6.69. The Balaban J connectivity index is 1.83. The molecular weight excluding hydrogens is 301 g/mol. The van der Waals surface area contributed by atoms with Crippen molar-refractivity contribution in [3.63, 3.8) is 0 Å². The predicted molar refractivity (Wildman–Crippen MR) is 82.0 cm³/mol. The van der Waals surface area contributed by atoms with Crippen LogP contribution in [-0.4, -0.2) is 7.11 Å². The summed E-state index contributed by atoms with van der Waals surface area (Å²) in [5.74, 6) is 0.688. The standard InChI is InChI=1S/C14H13Cl2NOS/c1-18-12-6-8(2-3-10(12)15)17-11-4-5-13-9(11)7-14(16)19-13/h2-3,6-7,11,17H,4-5H2,1H3. The molecule has 1 aromatic carbocycles. The molecule has 100 valence electrons. The van der Waals surface area contributed by atoms with E-state index in [1.54, 1.807) is 18.4 Å². The van der Waals surface area contributed by atoms with Crippen molar-refractivity contribution in [3.8, 4) is 5.75 Å². The van der Waals surface area contributed by atoms with E-state index in [-0.39, 0.29) is 0 Å². The van der Waals surface area contributed by atoms with Crippen molar-refractivity contribution in [1.82, 2.24) is 0 Å². The first-order valence-corrected chi connectivity index (χ1v) is 7.63.